The van der Waals surface area contributed by atoms with Crippen molar-refractivity contribution in [1.29, 1.82) is 0 Å². The Hall–Kier alpha value is -4.46. The summed E-state index contributed by atoms with van der Waals surface area (Å²) >= 11 is 0. The average molecular weight is 471 g/mol. The van der Waals surface area contributed by atoms with E-state index in [1.54, 1.807) is 19.2 Å². The van der Waals surface area contributed by atoms with E-state index < -0.39 is 6.04 Å². The number of carbonyl (C=O) groups excluding carboxylic acids is 1. The van der Waals surface area contributed by atoms with E-state index in [-0.39, 0.29) is 17.7 Å². The van der Waals surface area contributed by atoms with E-state index in [4.69, 9.17) is 9.26 Å². The van der Waals surface area contributed by atoms with Crippen molar-refractivity contribution in [2.75, 3.05) is 12.0 Å². The molecule has 1 N–H and O–H groups in total. The highest BCUT2D eigenvalue weighted by molar-refractivity contribution is 6.01. The molecule has 1 aliphatic heterocycles. The van der Waals surface area contributed by atoms with Crippen LogP contribution < -0.4 is 15.0 Å². The predicted octanol–water partition coefficient (Wildman–Crippen LogP) is 5.89. The van der Waals surface area contributed by atoms with E-state index >= 15 is 0 Å². The number of ether oxygens (including phenoxy) is 1. The molecule has 4 aromatic rings. The Morgan fingerprint density at radius 3 is 2.46 bits per heavy atom. The number of allylic oxidation sites excluding steroid dienone is 1. The van der Waals surface area contributed by atoms with E-state index in [1.165, 1.54) is 17.0 Å². The Kier molecular flexibility index (Phi) is 5.78. The molecule has 7 nitrogen and oxygen atoms in total. The largest absolute Gasteiger partial charge is 0.497 e. The molecule has 0 aliphatic carbocycles. The van der Waals surface area contributed by atoms with E-state index in [9.17, 15) is 9.18 Å². The van der Waals surface area contributed by atoms with Gasteiger partial charge in [-0.2, -0.15) is 4.98 Å². The van der Waals surface area contributed by atoms with Crippen LogP contribution in [0.25, 0.3) is 17.0 Å². The van der Waals surface area contributed by atoms with Gasteiger partial charge in [-0.1, -0.05) is 41.1 Å². The number of nitrogens with zero attached hydrogens (tertiary/aromatic N) is 3. The average Bonchev–Trinajstić information content (AvgIpc) is 3.35. The highest BCUT2D eigenvalue weighted by atomic mass is 19.1. The normalized spacial score (nSPS) is 15.8. The Morgan fingerprint density at radius 2 is 1.77 bits per heavy atom. The maximum atomic E-state index is 13.6. The second kappa shape index (κ2) is 9.06. The van der Waals surface area contributed by atoms with Crippen molar-refractivity contribution in [2.24, 2.45) is 0 Å². The summed E-state index contributed by atoms with van der Waals surface area (Å²) in [5.41, 5.74) is 4.49. The number of hydrogen-bond donors (Lipinski definition) is 1. The lowest BCUT2D eigenvalue weighted by molar-refractivity contribution is 0.244. The molecular weight excluding hydrogens is 447 g/mol. The number of amides is 2. The van der Waals surface area contributed by atoms with Gasteiger partial charge in [0.25, 0.3) is 5.89 Å². The molecule has 0 fully saturated rings. The fourth-order valence-electron chi connectivity index (χ4n) is 4.20. The van der Waals surface area contributed by atoms with Gasteiger partial charge in [0.2, 0.25) is 5.82 Å². The number of methoxy groups -OCH3 is 1. The lowest BCUT2D eigenvalue weighted by atomic mass is 9.94. The van der Waals surface area contributed by atoms with E-state index in [0.29, 0.717) is 28.5 Å². The zero-order valence-corrected chi connectivity index (χ0v) is 19.4. The number of aromatic nitrogens is 2. The predicted molar refractivity (Wildman–Crippen MR) is 130 cm³/mol. The Labute approximate surface area is 201 Å². The van der Waals surface area contributed by atoms with E-state index in [1.807, 2.05) is 62.4 Å². The van der Waals surface area contributed by atoms with Gasteiger partial charge in [-0.3, -0.25) is 4.90 Å². The molecule has 35 heavy (non-hydrogen) atoms. The molecule has 1 aromatic heterocycles. The van der Waals surface area contributed by atoms with Crippen LogP contribution in [0.5, 0.6) is 5.75 Å². The third-order valence-corrected chi connectivity index (χ3v) is 5.95. The van der Waals surface area contributed by atoms with Gasteiger partial charge in [-0.25, -0.2) is 9.18 Å². The lowest BCUT2D eigenvalue weighted by Gasteiger charge is -2.35. The van der Waals surface area contributed by atoms with Crippen molar-refractivity contribution in [3.63, 3.8) is 0 Å². The minimum absolute atomic E-state index is 0.284. The smallest absolute Gasteiger partial charge is 0.326 e. The number of halogens is 1. The number of rotatable bonds is 5. The third-order valence-electron chi connectivity index (χ3n) is 5.95. The van der Waals surface area contributed by atoms with Crippen LogP contribution in [0.4, 0.5) is 14.9 Å². The van der Waals surface area contributed by atoms with Crippen LogP contribution in [0.1, 0.15) is 30.0 Å². The highest BCUT2D eigenvalue weighted by Crippen LogP contribution is 2.39. The second-order valence-electron chi connectivity index (χ2n) is 8.26. The summed E-state index contributed by atoms with van der Waals surface area (Å²) in [5.74, 6) is 1.05. The monoisotopic (exact) mass is 470 g/mol. The van der Waals surface area contributed by atoms with Gasteiger partial charge < -0.3 is 14.6 Å². The number of benzene rings is 3. The second-order valence-corrected chi connectivity index (χ2v) is 8.26. The van der Waals surface area contributed by atoms with Crippen molar-refractivity contribution < 1.29 is 18.4 Å². The number of aryl methyl sites for hydroxylation is 1. The zero-order chi connectivity index (χ0) is 24.5. The van der Waals surface area contributed by atoms with Crippen molar-refractivity contribution >= 4 is 17.3 Å². The molecule has 1 unspecified atom stereocenters. The topological polar surface area (TPSA) is 80.5 Å². The molecule has 0 spiro atoms. The van der Waals surface area contributed by atoms with Crippen LogP contribution in [0, 0.1) is 12.7 Å². The quantitative estimate of drug-likeness (QED) is 0.393. The molecule has 0 saturated carbocycles. The van der Waals surface area contributed by atoms with Gasteiger partial charge in [0.05, 0.1) is 24.4 Å². The van der Waals surface area contributed by atoms with Gasteiger partial charge >= 0.3 is 6.03 Å². The molecule has 8 heteroatoms. The first-order valence-electron chi connectivity index (χ1n) is 11.1. The van der Waals surface area contributed by atoms with Crippen molar-refractivity contribution in [3.05, 3.63) is 101 Å². The SMILES string of the molecule is COc1ccc(C2NC(=O)N(c3ccc(F)cc3)C(C)=C2c2nc(-c3cccc(C)c3)no2)cc1. The fourth-order valence-corrected chi connectivity index (χ4v) is 4.20. The minimum Gasteiger partial charge on any atom is -0.497 e. The summed E-state index contributed by atoms with van der Waals surface area (Å²) in [5, 5.41) is 7.24. The number of carbonyl (C=O) groups is 1. The molecule has 0 bridgehead atoms. The van der Waals surface area contributed by atoms with Gasteiger partial charge in [-0.15, -0.1) is 0 Å². The number of urea groups is 1. The maximum Gasteiger partial charge on any atom is 0.326 e. The first-order valence-corrected chi connectivity index (χ1v) is 11.1. The maximum absolute atomic E-state index is 13.6. The lowest BCUT2D eigenvalue weighted by Crippen LogP contribution is -2.46. The Morgan fingerprint density at radius 1 is 1.03 bits per heavy atom. The molecule has 1 atom stereocenters. The first-order chi connectivity index (χ1) is 16.9. The Bertz CT molecular complexity index is 1410. The summed E-state index contributed by atoms with van der Waals surface area (Å²) in [6.07, 6.45) is 0. The summed E-state index contributed by atoms with van der Waals surface area (Å²) in [7, 11) is 1.60. The van der Waals surface area contributed by atoms with Crippen LogP contribution in [-0.2, 0) is 0 Å². The van der Waals surface area contributed by atoms with Crippen LogP contribution in [-0.4, -0.2) is 23.3 Å². The third kappa shape index (κ3) is 4.26. The fraction of sp³-hybridized carbons (Fsp3) is 0.148. The molecule has 5 rings (SSSR count). The molecular formula is C27H23FN4O3. The molecule has 2 amide bonds. The molecule has 0 radical (unpaired) electrons. The molecule has 176 valence electrons. The van der Waals surface area contributed by atoms with Crippen molar-refractivity contribution in [2.45, 2.75) is 19.9 Å². The minimum atomic E-state index is -0.545. The number of hydrogen-bond acceptors (Lipinski definition) is 5. The molecule has 2 heterocycles. The summed E-state index contributed by atoms with van der Waals surface area (Å²) in [6.45, 7) is 3.80. The van der Waals surface area contributed by atoms with Gasteiger partial charge in [0.15, 0.2) is 0 Å². The van der Waals surface area contributed by atoms with E-state index in [0.717, 1.165) is 16.7 Å². The standard InChI is InChI=1S/C27H23FN4O3/c1-16-5-4-6-19(15-16)25-30-26(35-31-25)23-17(2)32(21-11-9-20(28)10-12-21)27(33)29-24(23)18-7-13-22(34-3)14-8-18/h4-15,24H,1-3H3,(H,29,33). The van der Waals surface area contributed by atoms with Gasteiger partial charge in [-0.05, 0) is 61.9 Å². The van der Waals surface area contributed by atoms with Crippen LogP contribution in [0.3, 0.4) is 0 Å². The first kappa shape index (κ1) is 22.3. The number of nitrogens with one attached hydrogen (secondary N) is 1. The van der Waals surface area contributed by atoms with Crippen molar-refractivity contribution in [3.8, 4) is 17.1 Å². The van der Waals surface area contributed by atoms with Crippen LogP contribution in [0.15, 0.2) is 83.0 Å². The number of anilines is 1. The molecule has 1 aliphatic rings. The Balaban J connectivity index is 1.64. The van der Waals surface area contributed by atoms with Gasteiger partial charge in [0.1, 0.15) is 11.6 Å². The summed E-state index contributed by atoms with van der Waals surface area (Å²) in [4.78, 5) is 19.4. The summed E-state index contributed by atoms with van der Waals surface area (Å²) < 4.78 is 24.6. The van der Waals surface area contributed by atoms with Crippen molar-refractivity contribution in [1.82, 2.24) is 15.5 Å². The molecule has 0 saturated heterocycles. The zero-order valence-electron chi connectivity index (χ0n) is 19.4. The van der Waals surface area contributed by atoms with Crippen LogP contribution >= 0.6 is 0 Å². The summed E-state index contributed by atoms with van der Waals surface area (Å²) in [6, 6.07) is 20.1. The van der Waals surface area contributed by atoms with Gasteiger partial charge in [0, 0.05) is 11.3 Å². The van der Waals surface area contributed by atoms with E-state index in [2.05, 4.69) is 15.5 Å². The molecule has 3 aromatic carbocycles. The van der Waals surface area contributed by atoms with Crippen LogP contribution in [0.2, 0.25) is 0 Å². The highest BCUT2D eigenvalue weighted by Gasteiger charge is 2.36.